The maximum Gasteiger partial charge on any atom is 0.277 e. The number of anilines is 1. The molecule has 0 unspecified atom stereocenters. The molecular formula is C23H21FN6O3. The van der Waals surface area contributed by atoms with Gasteiger partial charge in [-0.15, -0.1) is 0 Å². The number of carbonyl (C=O) groups is 2. The Labute approximate surface area is 189 Å². The first-order chi connectivity index (χ1) is 16.0. The lowest BCUT2D eigenvalue weighted by Gasteiger charge is -2.35. The Morgan fingerprint density at radius 3 is 2.27 bits per heavy atom. The van der Waals surface area contributed by atoms with E-state index in [1.807, 2.05) is 11.0 Å². The van der Waals surface area contributed by atoms with E-state index in [0.29, 0.717) is 48.8 Å². The SMILES string of the molecule is O=C(NO)c1cnc(N2CCN(C(=O)/C(=C/c3ccc(F)cc3)c3cccnc3)CC2)nc1. The molecular weight excluding hydrogens is 427 g/mol. The van der Waals surface area contributed by atoms with Crippen LogP contribution in [-0.4, -0.2) is 63.1 Å². The van der Waals surface area contributed by atoms with Crippen LogP contribution < -0.4 is 10.4 Å². The lowest BCUT2D eigenvalue weighted by atomic mass is 10.0. The van der Waals surface area contributed by atoms with Crippen molar-refractivity contribution in [1.29, 1.82) is 0 Å². The first kappa shape index (κ1) is 22.0. The summed E-state index contributed by atoms with van der Waals surface area (Å²) >= 11 is 0. The van der Waals surface area contributed by atoms with Gasteiger partial charge in [-0.3, -0.25) is 19.8 Å². The van der Waals surface area contributed by atoms with E-state index in [1.54, 1.807) is 41.6 Å². The lowest BCUT2D eigenvalue weighted by molar-refractivity contribution is -0.125. The van der Waals surface area contributed by atoms with Crippen molar-refractivity contribution < 1.29 is 19.2 Å². The third-order valence-electron chi connectivity index (χ3n) is 5.24. The monoisotopic (exact) mass is 448 g/mol. The van der Waals surface area contributed by atoms with E-state index >= 15 is 0 Å². The van der Waals surface area contributed by atoms with Crippen LogP contribution in [0.1, 0.15) is 21.5 Å². The van der Waals surface area contributed by atoms with E-state index in [2.05, 4.69) is 15.0 Å². The summed E-state index contributed by atoms with van der Waals surface area (Å²) in [5, 5.41) is 8.69. The van der Waals surface area contributed by atoms with Gasteiger partial charge in [0.25, 0.3) is 11.8 Å². The molecule has 4 rings (SSSR count). The standard InChI is InChI=1S/C23H21FN6O3/c24-19-5-3-16(4-6-19)12-20(17-2-1-7-25-13-17)22(32)29-8-10-30(11-9-29)23-26-14-18(15-27-23)21(31)28-33/h1-7,12-15,33H,8-11H2,(H,28,31)/b20-12+. The molecule has 0 aliphatic carbocycles. The second kappa shape index (κ2) is 9.96. The van der Waals surface area contributed by atoms with Crippen LogP contribution in [0.3, 0.4) is 0 Å². The average Bonchev–Trinajstić information content (AvgIpc) is 2.88. The number of carbonyl (C=O) groups excluding carboxylic acids is 2. The Bertz CT molecular complexity index is 1150. The van der Waals surface area contributed by atoms with Gasteiger partial charge in [-0.2, -0.15) is 0 Å². The average molecular weight is 448 g/mol. The maximum absolute atomic E-state index is 13.4. The summed E-state index contributed by atoms with van der Waals surface area (Å²) in [5.74, 6) is -0.744. The van der Waals surface area contributed by atoms with Gasteiger partial charge in [-0.1, -0.05) is 18.2 Å². The number of nitrogens with one attached hydrogen (secondary N) is 1. The predicted molar refractivity (Wildman–Crippen MR) is 119 cm³/mol. The molecule has 2 N–H and O–H groups in total. The highest BCUT2D eigenvalue weighted by Crippen LogP contribution is 2.22. The molecule has 2 amide bonds. The minimum absolute atomic E-state index is 0.141. The number of aromatic nitrogens is 3. The molecule has 1 aliphatic heterocycles. The number of benzene rings is 1. The maximum atomic E-state index is 13.4. The molecule has 3 heterocycles. The van der Waals surface area contributed by atoms with Crippen LogP contribution in [0.4, 0.5) is 10.3 Å². The zero-order valence-corrected chi connectivity index (χ0v) is 17.6. The second-order valence-electron chi connectivity index (χ2n) is 7.34. The van der Waals surface area contributed by atoms with Crippen molar-refractivity contribution in [2.45, 2.75) is 0 Å². The van der Waals surface area contributed by atoms with Crippen LogP contribution in [0.15, 0.2) is 61.2 Å². The summed E-state index contributed by atoms with van der Waals surface area (Å²) in [6, 6.07) is 9.52. The summed E-state index contributed by atoms with van der Waals surface area (Å²) < 4.78 is 13.3. The molecule has 1 fully saturated rings. The van der Waals surface area contributed by atoms with Crippen molar-refractivity contribution in [3.63, 3.8) is 0 Å². The summed E-state index contributed by atoms with van der Waals surface area (Å²) in [6.07, 6.45) is 7.66. The molecule has 3 aromatic rings. The number of piperazine rings is 1. The predicted octanol–water partition coefficient (Wildman–Crippen LogP) is 2.02. The zero-order chi connectivity index (χ0) is 23.2. The highest BCUT2D eigenvalue weighted by atomic mass is 19.1. The Kier molecular flexibility index (Phi) is 6.65. The van der Waals surface area contributed by atoms with Gasteiger partial charge in [0.15, 0.2) is 0 Å². The van der Waals surface area contributed by atoms with Gasteiger partial charge in [-0.05, 0) is 29.8 Å². The summed E-state index contributed by atoms with van der Waals surface area (Å²) in [6.45, 7) is 1.91. The molecule has 1 aromatic carbocycles. The molecule has 0 saturated carbocycles. The van der Waals surface area contributed by atoms with Gasteiger partial charge < -0.3 is 9.80 Å². The van der Waals surface area contributed by atoms with Crippen molar-refractivity contribution in [2.24, 2.45) is 0 Å². The molecule has 33 heavy (non-hydrogen) atoms. The van der Waals surface area contributed by atoms with Crippen molar-refractivity contribution in [2.75, 3.05) is 31.1 Å². The lowest BCUT2D eigenvalue weighted by Crippen LogP contribution is -2.49. The highest BCUT2D eigenvalue weighted by Gasteiger charge is 2.25. The number of amides is 2. The topological polar surface area (TPSA) is 112 Å². The molecule has 0 atom stereocenters. The van der Waals surface area contributed by atoms with Crippen LogP contribution in [-0.2, 0) is 4.79 Å². The molecule has 168 valence electrons. The molecule has 1 saturated heterocycles. The first-order valence-corrected chi connectivity index (χ1v) is 10.2. The third-order valence-corrected chi connectivity index (χ3v) is 5.24. The molecule has 0 spiro atoms. The van der Waals surface area contributed by atoms with Crippen LogP contribution in [0.2, 0.25) is 0 Å². The van der Waals surface area contributed by atoms with Crippen LogP contribution in [0.25, 0.3) is 11.6 Å². The van der Waals surface area contributed by atoms with E-state index in [4.69, 9.17) is 5.21 Å². The van der Waals surface area contributed by atoms with Gasteiger partial charge in [0.05, 0.1) is 5.56 Å². The second-order valence-corrected chi connectivity index (χ2v) is 7.34. The van der Waals surface area contributed by atoms with E-state index in [-0.39, 0.29) is 17.3 Å². The van der Waals surface area contributed by atoms with Crippen LogP contribution in [0, 0.1) is 5.82 Å². The van der Waals surface area contributed by atoms with Crippen molar-refractivity contribution >= 4 is 29.4 Å². The smallest absolute Gasteiger partial charge is 0.277 e. The molecule has 1 aliphatic rings. The molecule has 9 nitrogen and oxygen atoms in total. The summed E-state index contributed by atoms with van der Waals surface area (Å²) in [4.78, 5) is 41.0. The number of hydrogen-bond acceptors (Lipinski definition) is 7. The molecule has 0 radical (unpaired) electrons. The Morgan fingerprint density at radius 1 is 0.970 bits per heavy atom. The van der Waals surface area contributed by atoms with Crippen molar-refractivity contribution in [3.8, 4) is 0 Å². The van der Waals surface area contributed by atoms with Crippen LogP contribution in [0.5, 0.6) is 0 Å². The fourth-order valence-corrected chi connectivity index (χ4v) is 3.46. The van der Waals surface area contributed by atoms with Gasteiger partial charge in [0.2, 0.25) is 5.95 Å². The number of pyridine rings is 1. The van der Waals surface area contributed by atoms with E-state index in [0.717, 1.165) is 0 Å². The van der Waals surface area contributed by atoms with Gasteiger partial charge in [-0.25, -0.2) is 19.8 Å². The molecule has 0 bridgehead atoms. The van der Waals surface area contributed by atoms with E-state index in [9.17, 15) is 14.0 Å². The van der Waals surface area contributed by atoms with Gasteiger partial charge in [0.1, 0.15) is 5.82 Å². The number of hydrogen-bond donors (Lipinski definition) is 2. The van der Waals surface area contributed by atoms with E-state index in [1.165, 1.54) is 30.0 Å². The summed E-state index contributed by atoms with van der Waals surface area (Å²) in [7, 11) is 0. The van der Waals surface area contributed by atoms with Gasteiger partial charge in [0, 0.05) is 62.1 Å². The number of rotatable bonds is 5. The number of hydroxylamine groups is 1. The molecule has 10 heteroatoms. The fourth-order valence-electron chi connectivity index (χ4n) is 3.46. The minimum Gasteiger partial charge on any atom is -0.337 e. The quantitative estimate of drug-likeness (QED) is 0.349. The zero-order valence-electron chi connectivity index (χ0n) is 17.6. The number of halogens is 1. The van der Waals surface area contributed by atoms with Crippen molar-refractivity contribution in [1.82, 2.24) is 25.3 Å². The fraction of sp³-hybridized carbons (Fsp3) is 0.174. The summed E-state index contributed by atoms with van der Waals surface area (Å²) in [5.41, 5.74) is 3.54. The number of nitrogens with zero attached hydrogens (tertiary/aromatic N) is 5. The minimum atomic E-state index is -0.687. The molecule has 2 aromatic heterocycles. The largest absolute Gasteiger partial charge is 0.337 e. The normalized spacial score (nSPS) is 14.2. The Morgan fingerprint density at radius 2 is 1.67 bits per heavy atom. The third kappa shape index (κ3) is 5.18. The van der Waals surface area contributed by atoms with Gasteiger partial charge >= 0.3 is 0 Å². The Balaban J connectivity index is 1.49. The Hall–Kier alpha value is -4.18. The first-order valence-electron chi connectivity index (χ1n) is 10.2. The highest BCUT2D eigenvalue weighted by molar-refractivity contribution is 6.24. The van der Waals surface area contributed by atoms with Crippen molar-refractivity contribution in [3.05, 3.63) is 83.7 Å². The van der Waals surface area contributed by atoms with Crippen LogP contribution >= 0.6 is 0 Å². The van der Waals surface area contributed by atoms with E-state index < -0.39 is 5.91 Å².